The molecule has 0 aromatic carbocycles. The van der Waals surface area contributed by atoms with Crippen LogP contribution in [0.2, 0.25) is 0 Å². The zero-order valence-corrected chi connectivity index (χ0v) is 15.9. The maximum absolute atomic E-state index is 12.3. The Kier molecular flexibility index (Phi) is 6.73. The number of aliphatic hydroxyl groups excluding tert-OH is 1. The second-order valence-electron chi connectivity index (χ2n) is 6.77. The fourth-order valence-electron chi connectivity index (χ4n) is 3.28. The fraction of sp³-hybridized carbons (Fsp3) is 0.474. The molecular weight excluding hydrogens is 348 g/mol. The van der Waals surface area contributed by atoms with Crippen molar-refractivity contribution in [1.82, 2.24) is 14.8 Å². The number of nitrogens with one attached hydrogen (secondary N) is 1. The number of aromatic nitrogens is 1. The predicted octanol–water partition coefficient (Wildman–Crippen LogP) is 1.96. The minimum atomic E-state index is -0.0459. The number of carbonyl (C=O) groups excluding carboxylic acids is 1. The van der Waals surface area contributed by atoms with E-state index >= 15 is 0 Å². The highest BCUT2D eigenvalue weighted by atomic mass is 32.1. The molecule has 0 radical (unpaired) electrons. The molecule has 7 heteroatoms. The highest BCUT2D eigenvalue weighted by Crippen LogP contribution is 2.18. The van der Waals surface area contributed by atoms with Crippen molar-refractivity contribution >= 4 is 23.1 Å². The first kappa shape index (κ1) is 19.0. The molecule has 2 aromatic heterocycles. The first-order valence-electron chi connectivity index (χ1n) is 8.95. The number of hydrogen-bond acceptors (Lipinski definition) is 6. The van der Waals surface area contributed by atoms with E-state index in [-0.39, 0.29) is 18.6 Å². The van der Waals surface area contributed by atoms with Crippen LogP contribution in [0.1, 0.15) is 17.5 Å². The van der Waals surface area contributed by atoms with E-state index in [4.69, 9.17) is 0 Å². The Bertz CT molecular complexity index is 690. The normalized spacial score (nSPS) is 18.8. The average Bonchev–Trinajstić information content (AvgIpc) is 3.12. The summed E-state index contributed by atoms with van der Waals surface area (Å²) in [5.74, 6) is 0.541. The number of carbonyl (C=O) groups is 1. The van der Waals surface area contributed by atoms with Gasteiger partial charge in [-0.1, -0.05) is 6.07 Å². The lowest BCUT2D eigenvalue weighted by Crippen LogP contribution is -2.54. The van der Waals surface area contributed by atoms with Gasteiger partial charge in [-0.05, 0) is 47.4 Å². The Morgan fingerprint density at radius 1 is 1.38 bits per heavy atom. The maximum atomic E-state index is 12.3. The molecule has 3 rings (SSSR count). The van der Waals surface area contributed by atoms with Gasteiger partial charge >= 0.3 is 0 Å². The van der Waals surface area contributed by atoms with E-state index in [0.29, 0.717) is 12.4 Å². The topological polar surface area (TPSA) is 68.7 Å². The SMILES string of the molecule is Cc1ccc(NC(=O)CN2CCN(Cc3ccsc3)C(CCO)C2)nc1. The Hall–Kier alpha value is -1.80. The van der Waals surface area contributed by atoms with Crippen molar-refractivity contribution in [2.75, 3.05) is 38.1 Å². The summed E-state index contributed by atoms with van der Waals surface area (Å²) in [7, 11) is 0. The van der Waals surface area contributed by atoms with Crippen molar-refractivity contribution < 1.29 is 9.90 Å². The van der Waals surface area contributed by atoms with Gasteiger partial charge < -0.3 is 10.4 Å². The Morgan fingerprint density at radius 2 is 2.27 bits per heavy atom. The molecule has 26 heavy (non-hydrogen) atoms. The summed E-state index contributed by atoms with van der Waals surface area (Å²) >= 11 is 1.71. The van der Waals surface area contributed by atoms with Gasteiger partial charge in [-0.15, -0.1) is 0 Å². The number of nitrogens with zero attached hydrogens (tertiary/aromatic N) is 3. The zero-order chi connectivity index (χ0) is 18.4. The second kappa shape index (κ2) is 9.23. The second-order valence-corrected chi connectivity index (χ2v) is 7.55. The van der Waals surface area contributed by atoms with Gasteiger partial charge in [-0.2, -0.15) is 11.3 Å². The van der Waals surface area contributed by atoms with E-state index in [0.717, 1.165) is 38.2 Å². The van der Waals surface area contributed by atoms with E-state index in [2.05, 4.69) is 36.9 Å². The minimum absolute atomic E-state index is 0.0459. The van der Waals surface area contributed by atoms with Crippen molar-refractivity contribution in [1.29, 1.82) is 0 Å². The van der Waals surface area contributed by atoms with Gasteiger partial charge in [0.25, 0.3) is 0 Å². The van der Waals surface area contributed by atoms with Crippen LogP contribution in [0.4, 0.5) is 5.82 Å². The summed E-state index contributed by atoms with van der Waals surface area (Å²) < 4.78 is 0. The van der Waals surface area contributed by atoms with Crippen LogP contribution in [0.5, 0.6) is 0 Å². The third kappa shape index (κ3) is 5.35. The number of aliphatic hydroxyl groups is 1. The van der Waals surface area contributed by atoms with Gasteiger partial charge in [0.15, 0.2) is 0 Å². The van der Waals surface area contributed by atoms with Gasteiger partial charge in [-0.25, -0.2) is 4.98 Å². The summed E-state index contributed by atoms with van der Waals surface area (Å²) in [5, 5.41) is 16.5. The summed E-state index contributed by atoms with van der Waals surface area (Å²) in [6.07, 6.45) is 2.47. The molecule has 6 nitrogen and oxygen atoms in total. The van der Waals surface area contributed by atoms with E-state index in [1.54, 1.807) is 17.5 Å². The monoisotopic (exact) mass is 374 g/mol. The summed E-state index contributed by atoms with van der Waals surface area (Å²) in [6.45, 7) is 5.93. The molecule has 140 valence electrons. The molecule has 1 saturated heterocycles. The maximum Gasteiger partial charge on any atom is 0.239 e. The molecule has 1 aliphatic heterocycles. The molecule has 0 spiro atoms. The Balaban J connectivity index is 1.52. The lowest BCUT2D eigenvalue weighted by molar-refractivity contribution is -0.118. The number of aryl methyl sites for hydroxylation is 1. The zero-order valence-electron chi connectivity index (χ0n) is 15.1. The molecule has 1 fully saturated rings. The van der Waals surface area contributed by atoms with Gasteiger partial charge in [-0.3, -0.25) is 14.6 Å². The third-order valence-electron chi connectivity index (χ3n) is 4.66. The summed E-state index contributed by atoms with van der Waals surface area (Å²) in [5.41, 5.74) is 2.38. The largest absolute Gasteiger partial charge is 0.396 e. The number of rotatable bonds is 7. The van der Waals surface area contributed by atoms with E-state index in [9.17, 15) is 9.90 Å². The lowest BCUT2D eigenvalue weighted by Gasteiger charge is -2.41. The highest BCUT2D eigenvalue weighted by Gasteiger charge is 2.27. The van der Waals surface area contributed by atoms with Gasteiger partial charge in [0.05, 0.1) is 6.54 Å². The van der Waals surface area contributed by atoms with Crippen LogP contribution in [0.3, 0.4) is 0 Å². The summed E-state index contributed by atoms with van der Waals surface area (Å²) in [6, 6.07) is 6.16. The molecule has 0 saturated carbocycles. The quantitative estimate of drug-likeness (QED) is 0.775. The lowest BCUT2D eigenvalue weighted by atomic mass is 10.1. The number of piperazine rings is 1. The molecule has 1 atom stereocenters. The first-order valence-corrected chi connectivity index (χ1v) is 9.89. The van der Waals surface area contributed by atoms with E-state index < -0.39 is 0 Å². The number of anilines is 1. The smallest absolute Gasteiger partial charge is 0.239 e. The van der Waals surface area contributed by atoms with Crippen LogP contribution in [0.25, 0.3) is 0 Å². The van der Waals surface area contributed by atoms with E-state index in [1.165, 1.54) is 5.56 Å². The van der Waals surface area contributed by atoms with Crippen LogP contribution in [-0.4, -0.2) is 64.6 Å². The van der Waals surface area contributed by atoms with Crippen LogP contribution >= 0.6 is 11.3 Å². The van der Waals surface area contributed by atoms with Crippen LogP contribution in [-0.2, 0) is 11.3 Å². The molecule has 0 aliphatic carbocycles. The van der Waals surface area contributed by atoms with Crippen molar-refractivity contribution in [2.24, 2.45) is 0 Å². The van der Waals surface area contributed by atoms with Gasteiger partial charge in [0.2, 0.25) is 5.91 Å². The first-order chi connectivity index (χ1) is 12.6. The highest BCUT2D eigenvalue weighted by molar-refractivity contribution is 7.07. The Morgan fingerprint density at radius 3 is 2.96 bits per heavy atom. The van der Waals surface area contributed by atoms with Crippen molar-refractivity contribution in [3.63, 3.8) is 0 Å². The van der Waals surface area contributed by atoms with Crippen molar-refractivity contribution in [3.8, 4) is 0 Å². The molecule has 1 aliphatic rings. The van der Waals surface area contributed by atoms with E-state index in [1.807, 2.05) is 19.1 Å². The van der Waals surface area contributed by atoms with Gasteiger partial charge in [0, 0.05) is 45.0 Å². The summed E-state index contributed by atoms with van der Waals surface area (Å²) in [4.78, 5) is 21.1. The van der Waals surface area contributed by atoms with Crippen LogP contribution in [0, 0.1) is 6.92 Å². The molecule has 1 unspecified atom stereocenters. The number of thiophene rings is 1. The number of pyridine rings is 1. The molecule has 3 heterocycles. The molecule has 0 bridgehead atoms. The fourth-order valence-corrected chi connectivity index (χ4v) is 3.94. The third-order valence-corrected chi connectivity index (χ3v) is 5.39. The average molecular weight is 375 g/mol. The van der Waals surface area contributed by atoms with Crippen LogP contribution in [0.15, 0.2) is 35.2 Å². The van der Waals surface area contributed by atoms with Crippen molar-refractivity contribution in [2.45, 2.75) is 25.9 Å². The molecule has 1 amide bonds. The minimum Gasteiger partial charge on any atom is -0.396 e. The van der Waals surface area contributed by atoms with Crippen molar-refractivity contribution in [3.05, 3.63) is 46.3 Å². The van der Waals surface area contributed by atoms with Gasteiger partial charge in [0.1, 0.15) is 5.82 Å². The Labute approximate surface area is 158 Å². The molecule has 2 aromatic rings. The standard InChI is InChI=1S/C19H26N4O2S/c1-15-2-3-18(20-10-15)21-19(25)13-22-6-7-23(17(12-22)4-8-24)11-16-5-9-26-14-16/h2-3,5,9-10,14,17,24H,4,6-8,11-13H2,1H3,(H,20,21,25). The molecular formula is C19H26N4O2S. The van der Waals surface area contributed by atoms with Crippen LogP contribution < -0.4 is 5.32 Å². The number of amides is 1. The number of hydrogen-bond donors (Lipinski definition) is 2. The predicted molar refractivity (Wildman–Crippen MR) is 104 cm³/mol. The molecule has 2 N–H and O–H groups in total.